The van der Waals surface area contributed by atoms with Crippen molar-refractivity contribution in [2.24, 2.45) is 0 Å². The number of hydrogen-bond donors (Lipinski definition) is 1. The summed E-state index contributed by atoms with van der Waals surface area (Å²) in [7, 11) is 1.53. The molecule has 1 aromatic carbocycles. The number of aromatic nitrogens is 1. The highest BCUT2D eigenvalue weighted by molar-refractivity contribution is 6.31. The molecule has 0 fully saturated rings. The number of halogens is 2. The summed E-state index contributed by atoms with van der Waals surface area (Å²) in [4.78, 5) is 16.8. The fourth-order valence-corrected chi connectivity index (χ4v) is 3.58. The van der Waals surface area contributed by atoms with Gasteiger partial charge in [-0.2, -0.15) is 0 Å². The molecule has 3 rings (SSSR count). The van der Waals surface area contributed by atoms with E-state index >= 15 is 4.39 Å². The maximum Gasteiger partial charge on any atom is 0.195 e. The molecule has 25 heavy (non-hydrogen) atoms. The first-order valence-corrected chi connectivity index (χ1v) is 8.52. The van der Waals surface area contributed by atoms with Crippen LogP contribution in [-0.4, -0.2) is 23.0 Å². The second-order valence-electron chi connectivity index (χ2n) is 6.14. The van der Waals surface area contributed by atoms with E-state index in [1.165, 1.54) is 19.4 Å². The minimum absolute atomic E-state index is 0.0129. The summed E-state index contributed by atoms with van der Waals surface area (Å²) >= 11 is 6.18. The molecule has 0 aliphatic heterocycles. The Morgan fingerprint density at radius 1 is 1.44 bits per heavy atom. The fourth-order valence-electron chi connectivity index (χ4n) is 3.32. The van der Waals surface area contributed by atoms with Gasteiger partial charge in [-0.25, -0.2) is 4.39 Å². The number of rotatable bonds is 5. The maximum absolute atomic E-state index is 15.6. The van der Waals surface area contributed by atoms with Gasteiger partial charge >= 0.3 is 0 Å². The number of benzene rings is 1. The summed E-state index contributed by atoms with van der Waals surface area (Å²) in [6.07, 6.45) is 1.04. The van der Waals surface area contributed by atoms with Gasteiger partial charge in [-0.1, -0.05) is 23.7 Å². The summed E-state index contributed by atoms with van der Waals surface area (Å²) in [5.41, 5.74) is -1.02. The Bertz CT molecular complexity index is 798. The molecule has 2 atom stereocenters. The third kappa shape index (κ3) is 3.26. The molecule has 1 aromatic heterocycles. The summed E-state index contributed by atoms with van der Waals surface area (Å²) < 4.78 is 20.8. The van der Waals surface area contributed by atoms with E-state index in [9.17, 15) is 9.90 Å². The van der Waals surface area contributed by atoms with Crippen molar-refractivity contribution in [3.05, 3.63) is 58.4 Å². The van der Waals surface area contributed by atoms with Crippen LogP contribution >= 0.6 is 11.6 Å². The number of methoxy groups -OCH3 is 1. The van der Waals surface area contributed by atoms with Crippen LogP contribution < -0.4 is 4.74 Å². The summed E-state index contributed by atoms with van der Waals surface area (Å²) in [5.74, 6) is 0.0463. The quantitative estimate of drug-likeness (QED) is 0.874. The Morgan fingerprint density at radius 3 is 3.00 bits per heavy atom. The first kappa shape index (κ1) is 17.8. The predicted molar refractivity (Wildman–Crippen MR) is 92.5 cm³/mol. The maximum atomic E-state index is 15.6. The zero-order chi connectivity index (χ0) is 18.0. The summed E-state index contributed by atoms with van der Waals surface area (Å²) in [6.45, 7) is 0. The highest BCUT2D eigenvalue weighted by Gasteiger charge is 2.45. The van der Waals surface area contributed by atoms with Gasteiger partial charge in [0.15, 0.2) is 11.5 Å². The van der Waals surface area contributed by atoms with Crippen molar-refractivity contribution >= 4 is 17.4 Å². The molecule has 0 spiro atoms. The number of nitrogens with zero attached hydrogens (tertiary/aromatic N) is 1. The van der Waals surface area contributed by atoms with Gasteiger partial charge in [-0.3, -0.25) is 9.78 Å². The van der Waals surface area contributed by atoms with Crippen molar-refractivity contribution < 1.29 is 19.0 Å². The Balaban J connectivity index is 1.84. The highest BCUT2D eigenvalue weighted by Crippen LogP contribution is 2.43. The number of aliphatic hydroxyl groups excluding tert-OH is 1. The average Bonchev–Trinajstić information content (AvgIpc) is 2.63. The van der Waals surface area contributed by atoms with Crippen LogP contribution in [0.1, 0.15) is 42.2 Å². The first-order valence-electron chi connectivity index (χ1n) is 8.14. The molecule has 4 nitrogen and oxygen atoms in total. The molecule has 2 aromatic rings. The molecule has 0 amide bonds. The number of aliphatic hydroxyl groups is 1. The zero-order valence-electron chi connectivity index (χ0n) is 13.8. The number of fused-ring (bicyclic) bond motifs is 1. The molecule has 0 saturated carbocycles. The monoisotopic (exact) mass is 363 g/mol. The van der Waals surface area contributed by atoms with E-state index in [0.717, 1.165) is 0 Å². The van der Waals surface area contributed by atoms with E-state index in [2.05, 4.69) is 4.98 Å². The number of alkyl halides is 1. The minimum Gasteiger partial charge on any atom is -0.496 e. The lowest BCUT2D eigenvalue weighted by Crippen LogP contribution is -2.36. The molecule has 1 aliphatic carbocycles. The van der Waals surface area contributed by atoms with E-state index in [1.807, 2.05) is 0 Å². The average molecular weight is 364 g/mol. The van der Waals surface area contributed by atoms with Crippen LogP contribution in [0.15, 0.2) is 36.5 Å². The standard InChI is InChI=1S/C19H19ClFNO3/c1-25-16-6-2-5-14(20)12(16)7-8-17(24)19(21)10-9-15(23)18-13(19)4-3-11-22-18/h2-6,11,15,23H,7-10H2,1H3/t15-,19-/m0/s1. The molecular weight excluding hydrogens is 345 g/mol. The van der Waals surface area contributed by atoms with Crippen molar-refractivity contribution in [3.8, 4) is 5.75 Å². The van der Waals surface area contributed by atoms with Gasteiger partial charge in [-0.15, -0.1) is 0 Å². The van der Waals surface area contributed by atoms with E-state index in [0.29, 0.717) is 16.3 Å². The summed E-state index contributed by atoms with van der Waals surface area (Å²) in [6, 6.07) is 8.33. The van der Waals surface area contributed by atoms with Gasteiger partial charge in [-0.05, 0) is 37.5 Å². The summed E-state index contributed by atoms with van der Waals surface area (Å²) in [5, 5.41) is 10.5. The molecule has 6 heteroatoms. The predicted octanol–water partition coefficient (Wildman–Crippen LogP) is 3.94. The first-order chi connectivity index (χ1) is 12.0. The third-order valence-electron chi connectivity index (χ3n) is 4.68. The Morgan fingerprint density at radius 2 is 2.24 bits per heavy atom. The van der Waals surface area contributed by atoms with E-state index in [4.69, 9.17) is 16.3 Å². The smallest absolute Gasteiger partial charge is 0.195 e. The molecule has 0 unspecified atom stereocenters. The number of ether oxygens (including phenoxy) is 1. The van der Waals surface area contributed by atoms with Crippen LogP contribution in [0.5, 0.6) is 5.75 Å². The lowest BCUT2D eigenvalue weighted by atomic mass is 9.77. The van der Waals surface area contributed by atoms with Gasteiger partial charge in [0, 0.05) is 28.8 Å². The van der Waals surface area contributed by atoms with Crippen molar-refractivity contribution in [1.82, 2.24) is 4.98 Å². The molecular formula is C19H19ClFNO3. The van der Waals surface area contributed by atoms with Crippen molar-refractivity contribution in [2.75, 3.05) is 7.11 Å². The zero-order valence-corrected chi connectivity index (χ0v) is 14.6. The van der Waals surface area contributed by atoms with Gasteiger partial charge in [0.25, 0.3) is 0 Å². The van der Waals surface area contributed by atoms with Crippen LogP contribution in [0, 0.1) is 0 Å². The SMILES string of the molecule is COc1cccc(Cl)c1CCC(=O)[C@]1(F)CC[C@H](O)c2ncccc21. The lowest BCUT2D eigenvalue weighted by Gasteiger charge is -2.32. The molecule has 0 saturated heterocycles. The minimum atomic E-state index is -2.13. The van der Waals surface area contributed by atoms with Crippen molar-refractivity contribution in [1.29, 1.82) is 0 Å². The van der Waals surface area contributed by atoms with Gasteiger partial charge in [0.05, 0.1) is 18.9 Å². The Kier molecular flexibility index (Phi) is 5.06. The Labute approximate surface area is 150 Å². The molecule has 0 bridgehead atoms. The number of carbonyl (C=O) groups is 1. The van der Waals surface area contributed by atoms with Crippen LogP contribution in [0.4, 0.5) is 4.39 Å². The van der Waals surface area contributed by atoms with E-state index < -0.39 is 17.6 Å². The fraction of sp³-hybridized carbons (Fsp3) is 0.368. The number of hydrogen-bond acceptors (Lipinski definition) is 4. The van der Waals surface area contributed by atoms with Crippen LogP contribution in [0.2, 0.25) is 5.02 Å². The van der Waals surface area contributed by atoms with E-state index in [1.54, 1.807) is 24.3 Å². The van der Waals surface area contributed by atoms with Crippen molar-refractivity contribution in [2.45, 2.75) is 37.5 Å². The molecule has 1 N–H and O–H groups in total. The second-order valence-corrected chi connectivity index (χ2v) is 6.54. The second kappa shape index (κ2) is 7.10. The highest BCUT2D eigenvalue weighted by atomic mass is 35.5. The van der Waals surface area contributed by atoms with Gasteiger partial charge in [0.1, 0.15) is 5.75 Å². The number of ketones is 1. The molecule has 1 aliphatic rings. The number of Topliss-reactive ketones (excluding diaryl/α,β-unsaturated/α-hetero) is 1. The Hall–Kier alpha value is -1.98. The van der Waals surface area contributed by atoms with Crippen molar-refractivity contribution in [3.63, 3.8) is 0 Å². The number of pyridine rings is 1. The number of carbonyl (C=O) groups excluding carboxylic acids is 1. The lowest BCUT2D eigenvalue weighted by molar-refractivity contribution is -0.133. The van der Waals surface area contributed by atoms with Crippen LogP contribution in [-0.2, 0) is 16.9 Å². The largest absolute Gasteiger partial charge is 0.496 e. The topological polar surface area (TPSA) is 59.4 Å². The third-order valence-corrected chi connectivity index (χ3v) is 5.04. The van der Waals surface area contributed by atoms with Gasteiger partial charge < -0.3 is 9.84 Å². The molecule has 132 valence electrons. The van der Waals surface area contributed by atoms with Crippen LogP contribution in [0.3, 0.4) is 0 Å². The van der Waals surface area contributed by atoms with E-state index in [-0.39, 0.29) is 36.9 Å². The normalized spacial score (nSPS) is 22.3. The van der Waals surface area contributed by atoms with Gasteiger partial charge in [0.2, 0.25) is 0 Å². The molecule has 0 radical (unpaired) electrons. The van der Waals surface area contributed by atoms with Crippen LogP contribution in [0.25, 0.3) is 0 Å². The molecule has 1 heterocycles.